The number of nitrogens with one attached hydrogen (secondary N) is 2. The monoisotopic (exact) mass is 463 g/mol. The van der Waals surface area contributed by atoms with Crippen LogP contribution in [0.1, 0.15) is 36.9 Å². The van der Waals surface area contributed by atoms with E-state index >= 15 is 0 Å². The van der Waals surface area contributed by atoms with Gasteiger partial charge in [0.25, 0.3) is 5.91 Å². The van der Waals surface area contributed by atoms with Gasteiger partial charge in [0, 0.05) is 24.7 Å². The number of ether oxygens (including phenoxy) is 1. The zero-order valence-corrected chi connectivity index (χ0v) is 19.4. The van der Waals surface area contributed by atoms with Crippen LogP contribution in [-0.4, -0.2) is 42.9 Å². The Morgan fingerprint density at radius 3 is 2.62 bits per heavy atom. The van der Waals surface area contributed by atoms with E-state index in [2.05, 4.69) is 35.8 Å². The van der Waals surface area contributed by atoms with Crippen LogP contribution >= 0.6 is 0 Å². The molecule has 4 rings (SSSR count). The molecule has 0 spiro atoms. The second-order valence-electron chi connectivity index (χ2n) is 8.52. The number of anilines is 4. The first kappa shape index (κ1) is 22.7. The number of methoxy groups -OCH3 is 1. The number of benzene rings is 1. The van der Waals surface area contributed by atoms with Gasteiger partial charge in [-0.1, -0.05) is 32.0 Å². The minimum atomic E-state index is -0.688. The fraction of sp³-hybridized carbons (Fsp3) is 0.273. The topological polar surface area (TPSA) is 159 Å². The fourth-order valence-corrected chi connectivity index (χ4v) is 3.14. The SMILES string of the molecule is COc1c(Nc2nc(Nc3cc(C(C)(C)C)on3)ncc2C(N)=O)cccc1-c1ncn(C)n1. The summed E-state index contributed by atoms with van der Waals surface area (Å²) in [5, 5.41) is 14.5. The van der Waals surface area contributed by atoms with E-state index in [4.69, 9.17) is 15.0 Å². The molecule has 4 aromatic rings. The normalized spacial score (nSPS) is 11.3. The van der Waals surface area contributed by atoms with Crippen molar-refractivity contribution in [3.05, 3.63) is 48.1 Å². The van der Waals surface area contributed by atoms with Crippen molar-refractivity contribution in [1.29, 1.82) is 0 Å². The van der Waals surface area contributed by atoms with Gasteiger partial charge in [-0.2, -0.15) is 10.1 Å². The first-order chi connectivity index (χ1) is 16.2. The van der Waals surface area contributed by atoms with Gasteiger partial charge in [0.2, 0.25) is 5.95 Å². The van der Waals surface area contributed by atoms with Gasteiger partial charge in [-0.25, -0.2) is 9.97 Å². The van der Waals surface area contributed by atoms with E-state index < -0.39 is 5.91 Å². The smallest absolute Gasteiger partial charge is 0.254 e. The summed E-state index contributed by atoms with van der Waals surface area (Å²) in [5.74, 6) is 1.80. The number of hydrogen-bond donors (Lipinski definition) is 3. The van der Waals surface area contributed by atoms with Gasteiger partial charge in [-0.3, -0.25) is 9.48 Å². The molecule has 0 aliphatic heterocycles. The molecule has 3 aromatic heterocycles. The molecule has 3 heterocycles. The molecular formula is C22H25N9O3. The Balaban J connectivity index is 1.69. The summed E-state index contributed by atoms with van der Waals surface area (Å²) in [6.07, 6.45) is 2.93. The van der Waals surface area contributed by atoms with Gasteiger partial charge in [0.15, 0.2) is 17.4 Å². The number of rotatable bonds is 7. The lowest BCUT2D eigenvalue weighted by molar-refractivity contribution is 0.100. The second-order valence-corrected chi connectivity index (χ2v) is 8.52. The van der Waals surface area contributed by atoms with Gasteiger partial charge in [0.1, 0.15) is 23.5 Å². The van der Waals surface area contributed by atoms with Crippen molar-refractivity contribution in [2.24, 2.45) is 12.8 Å². The molecule has 1 aromatic carbocycles. The van der Waals surface area contributed by atoms with Crippen LogP contribution < -0.4 is 21.1 Å². The Labute approximate surface area is 195 Å². The average molecular weight is 464 g/mol. The lowest BCUT2D eigenvalue weighted by Crippen LogP contribution is -2.16. The third kappa shape index (κ3) is 4.65. The third-order valence-corrected chi connectivity index (χ3v) is 4.86. The molecule has 0 saturated heterocycles. The highest BCUT2D eigenvalue weighted by atomic mass is 16.5. The number of carbonyl (C=O) groups is 1. The van der Waals surface area contributed by atoms with E-state index in [1.807, 2.05) is 32.9 Å². The van der Waals surface area contributed by atoms with Crippen LogP contribution in [0.25, 0.3) is 11.4 Å². The van der Waals surface area contributed by atoms with Crippen LogP contribution in [0.4, 0.5) is 23.3 Å². The van der Waals surface area contributed by atoms with E-state index in [9.17, 15) is 4.79 Å². The largest absolute Gasteiger partial charge is 0.494 e. The number of carbonyl (C=O) groups excluding carboxylic acids is 1. The van der Waals surface area contributed by atoms with Crippen molar-refractivity contribution in [2.45, 2.75) is 26.2 Å². The number of amides is 1. The Morgan fingerprint density at radius 1 is 1.21 bits per heavy atom. The summed E-state index contributed by atoms with van der Waals surface area (Å²) < 4.78 is 12.6. The van der Waals surface area contributed by atoms with Crippen molar-refractivity contribution in [3.8, 4) is 17.1 Å². The van der Waals surface area contributed by atoms with Gasteiger partial charge in [0.05, 0.1) is 18.4 Å². The average Bonchev–Trinajstić information content (AvgIpc) is 3.42. The van der Waals surface area contributed by atoms with Gasteiger partial charge in [-0.05, 0) is 12.1 Å². The van der Waals surface area contributed by atoms with Gasteiger partial charge < -0.3 is 25.6 Å². The molecule has 0 fully saturated rings. The Hall–Kier alpha value is -4.48. The molecule has 0 bridgehead atoms. The second kappa shape index (κ2) is 8.81. The first-order valence-electron chi connectivity index (χ1n) is 10.4. The summed E-state index contributed by atoms with van der Waals surface area (Å²) in [6.45, 7) is 6.04. The summed E-state index contributed by atoms with van der Waals surface area (Å²) in [5.41, 5.74) is 6.65. The summed E-state index contributed by atoms with van der Waals surface area (Å²) >= 11 is 0. The molecule has 0 aliphatic rings. The van der Waals surface area contributed by atoms with Gasteiger partial charge in [-0.15, -0.1) is 0 Å². The Morgan fingerprint density at radius 2 is 2.00 bits per heavy atom. The highest BCUT2D eigenvalue weighted by Gasteiger charge is 2.21. The van der Waals surface area contributed by atoms with Crippen LogP contribution in [0, 0.1) is 0 Å². The number of aromatic nitrogens is 6. The first-order valence-corrected chi connectivity index (χ1v) is 10.4. The molecule has 34 heavy (non-hydrogen) atoms. The van der Waals surface area contributed by atoms with E-state index in [0.29, 0.717) is 34.4 Å². The lowest BCUT2D eigenvalue weighted by Gasteiger charge is -2.15. The fourth-order valence-electron chi connectivity index (χ4n) is 3.14. The maximum atomic E-state index is 12.0. The number of para-hydroxylation sites is 1. The van der Waals surface area contributed by atoms with E-state index in [0.717, 1.165) is 0 Å². The predicted octanol–water partition coefficient (Wildman–Crippen LogP) is 3.15. The number of nitrogens with zero attached hydrogens (tertiary/aromatic N) is 6. The molecule has 0 radical (unpaired) electrons. The molecule has 0 aliphatic carbocycles. The van der Waals surface area contributed by atoms with Gasteiger partial charge >= 0.3 is 0 Å². The maximum Gasteiger partial charge on any atom is 0.254 e. The molecule has 0 saturated carbocycles. The van der Waals surface area contributed by atoms with E-state index in [-0.39, 0.29) is 22.7 Å². The molecule has 0 unspecified atom stereocenters. The molecule has 1 amide bonds. The number of hydrogen-bond acceptors (Lipinski definition) is 10. The summed E-state index contributed by atoms with van der Waals surface area (Å²) in [6, 6.07) is 7.19. The van der Waals surface area contributed by atoms with Crippen molar-refractivity contribution >= 4 is 29.2 Å². The summed E-state index contributed by atoms with van der Waals surface area (Å²) in [4.78, 5) is 24.9. The molecular weight excluding hydrogens is 438 g/mol. The van der Waals surface area contributed by atoms with E-state index in [1.54, 1.807) is 30.2 Å². The number of nitrogens with two attached hydrogens (primary N) is 1. The molecule has 176 valence electrons. The number of aryl methyl sites for hydroxylation is 1. The van der Waals surface area contributed by atoms with Crippen LogP contribution in [-0.2, 0) is 12.5 Å². The highest BCUT2D eigenvalue weighted by Crippen LogP contribution is 2.36. The zero-order chi connectivity index (χ0) is 24.5. The minimum absolute atomic E-state index is 0.101. The van der Waals surface area contributed by atoms with Crippen LogP contribution in [0.3, 0.4) is 0 Å². The van der Waals surface area contributed by atoms with Crippen molar-refractivity contribution < 1.29 is 14.1 Å². The molecule has 4 N–H and O–H groups in total. The van der Waals surface area contributed by atoms with Crippen molar-refractivity contribution in [1.82, 2.24) is 29.9 Å². The highest BCUT2D eigenvalue weighted by molar-refractivity contribution is 5.98. The summed E-state index contributed by atoms with van der Waals surface area (Å²) in [7, 11) is 3.31. The lowest BCUT2D eigenvalue weighted by atomic mass is 9.93. The Bertz CT molecular complexity index is 1340. The van der Waals surface area contributed by atoms with Crippen LogP contribution in [0.2, 0.25) is 0 Å². The van der Waals surface area contributed by atoms with Crippen molar-refractivity contribution in [2.75, 3.05) is 17.7 Å². The quantitative estimate of drug-likeness (QED) is 0.371. The van der Waals surface area contributed by atoms with E-state index in [1.165, 1.54) is 13.3 Å². The molecule has 0 atom stereocenters. The molecule has 12 heteroatoms. The maximum absolute atomic E-state index is 12.0. The standard InChI is InChI=1S/C22H25N9O3/c1-22(2,3)15-9-16(30-34-15)27-21-24-10-13(18(23)32)20(28-21)26-14-8-6-7-12(17(14)33-5)19-25-11-31(4)29-19/h6-11H,1-5H3,(H2,23,32)(H2,24,26,27,28,30). The van der Waals surface area contributed by atoms with Crippen LogP contribution in [0.15, 0.2) is 41.3 Å². The van der Waals surface area contributed by atoms with Crippen molar-refractivity contribution in [3.63, 3.8) is 0 Å². The predicted molar refractivity (Wildman–Crippen MR) is 125 cm³/mol. The number of primary amides is 1. The third-order valence-electron chi connectivity index (χ3n) is 4.86. The zero-order valence-electron chi connectivity index (χ0n) is 19.4. The minimum Gasteiger partial charge on any atom is -0.494 e. The molecule has 12 nitrogen and oxygen atoms in total. The Kier molecular flexibility index (Phi) is 5.88. The van der Waals surface area contributed by atoms with Crippen LogP contribution in [0.5, 0.6) is 5.75 Å².